The van der Waals surface area contributed by atoms with Gasteiger partial charge in [-0.2, -0.15) is 13.2 Å². The molecular weight excluding hydrogens is 285 g/mol. The summed E-state index contributed by atoms with van der Waals surface area (Å²) in [4.78, 5) is 15.0. The molecule has 0 aliphatic heterocycles. The molecule has 1 unspecified atom stereocenters. The number of halogens is 3. The molecule has 2 rings (SSSR count). The topological polar surface area (TPSA) is 62.2 Å². The van der Waals surface area contributed by atoms with Gasteiger partial charge < -0.3 is 10.4 Å². The van der Waals surface area contributed by atoms with Crippen molar-refractivity contribution in [3.8, 4) is 0 Å². The molecule has 1 aliphatic rings. The fourth-order valence-corrected chi connectivity index (χ4v) is 2.09. The Morgan fingerprint density at radius 3 is 2.71 bits per heavy atom. The van der Waals surface area contributed by atoms with Crippen molar-refractivity contribution in [1.82, 2.24) is 10.3 Å². The van der Waals surface area contributed by atoms with E-state index in [-0.39, 0.29) is 12.1 Å². The van der Waals surface area contributed by atoms with E-state index in [2.05, 4.69) is 10.3 Å². The molecule has 1 atom stereocenters. The quantitative estimate of drug-likeness (QED) is 0.842. The average Bonchev–Trinajstić information content (AvgIpc) is 2.45. The summed E-state index contributed by atoms with van der Waals surface area (Å²) in [5, 5.41) is 12.7. The van der Waals surface area contributed by atoms with Gasteiger partial charge in [-0.15, -0.1) is 0 Å². The maximum atomic E-state index is 12.4. The zero-order chi connectivity index (χ0) is 15.5. The average molecular weight is 300 g/mol. The second kappa shape index (κ2) is 5.85. The summed E-state index contributed by atoms with van der Waals surface area (Å²) in [5.74, 6) is -0.566. The Morgan fingerprint density at radius 2 is 2.19 bits per heavy atom. The first-order chi connectivity index (χ1) is 9.80. The van der Waals surface area contributed by atoms with Gasteiger partial charge in [0, 0.05) is 6.20 Å². The number of alkyl halides is 3. The fourth-order valence-electron chi connectivity index (χ4n) is 2.09. The summed E-state index contributed by atoms with van der Waals surface area (Å²) in [6, 6.07) is 1.82. The Kier molecular flexibility index (Phi) is 4.32. The molecule has 2 N–H and O–H groups in total. The molecule has 0 aromatic carbocycles. The summed E-state index contributed by atoms with van der Waals surface area (Å²) in [6.45, 7) is 0.0172. The number of carbonyl (C=O) groups is 1. The lowest BCUT2D eigenvalue weighted by Gasteiger charge is -2.27. The van der Waals surface area contributed by atoms with Crippen molar-refractivity contribution in [3.05, 3.63) is 41.7 Å². The van der Waals surface area contributed by atoms with E-state index in [0.29, 0.717) is 6.42 Å². The summed E-state index contributed by atoms with van der Waals surface area (Å²) in [6.07, 6.45) is 2.08. The van der Waals surface area contributed by atoms with Crippen LogP contribution in [0.4, 0.5) is 13.2 Å². The van der Waals surface area contributed by atoms with Gasteiger partial charge in [-0.25, -0.2) is 0 Å². The van der Waals surface area contributed by atoms with Crippen molar-refractivity contribution >= 4 is 5.91 Å². The van der Waals surface area contributed by atoms with Gasteiger partial charge in [-0.3, -0.25) is 9.78 Å². The Bertz CT molecular complexity index is 540. The highest BCUT2D eigenvalue weighted by atomic mass is 19.4. The van der Waals surface area contributed by atoms with E-state index in [1.807, 2.05) is 6.08 Å². The first-order valence-electron chi connectivity index (χ1n) is 6.52. The van der Waals surface area contributed by atoms with Crippen molar-refractivity contribution in [3.63, 3.8) is 0 Å². The number of rotatable bonds is 3. The first kappa shape index (κ1) is 15.5. The molecule has 7 heteroatoms. The van der Waals surface area contributed by atoms with Gasteiger partial charge in [0.25, 0.3) is 5.91 Å². The minimum absolute atomic E-state index is 0.0172. The van der Waals surface area contributed by atoms with E-state index >= 15 is 0 Å². The van der Waals surface area contributed by atoms with Gasteiger partial charge in [0.1, 0.15) is 5.69 Å². The van der Waals surface area contributed by atoms with Crippen LogP contribution < -0.4 is 5.32 Å². The zero-order valence-corrected chi connectivity index (χ0v) is 11.2. The van der Waals surface area contributed by atoms with E-state index in [1.165, 1.54) is 0 Å². The molecule has 0 saturated carbocycles. The summed E-state index contributed by atoms with van der Waals surface area (Å²) >= 11 is 0. The minimum atomic E-state index is -4.53. The molecule has 21 heavy (non-hydrogen) atoms. The van der Waals surface area contributed by atoms with Gasteiger partial charge >= 0.3 is 6.18 Å². The normalized spacial score (nSPS) is 22.1. The number of aromatic nitrogens is 1. The van der Waals surface area contributed by atoms with Crippen LogP contribution in [-0.4, -0.2) is 28.1 Å². The van der Waals surface area contributed by atoms with Crippen LogP contribution in [0.15, 0.2) is 30.5 Å². The Hall–Kier alpha value is -1.89. The molecule has 1 amide bonds. The molecule has 1 aromatic heterocycles. The van der Waals surface area contributed by atoms with Gasteiger partial charge in [0.05, 0.1) is 17.7 Å². The van der Waals surface area contributed by atoms with Gasteiger partial charge in [0.15, 0.2) is 0 Å². The molecular formula is C14H15F3N2O2. The van der Waals surface area contributed by atoms with Gasteiger partial charge in [-0.05, 0) is 31.4 Å². The molecule has 1 aromatic rings. The smallest absolute Gasteiger partial charge is 0.384 e. The molecule has 0 saturated heterocycles. The number of nitrogens with zero attached hydrogens (tertiary/aromatic N) is 1. The minimum Gasteiger partial charge on any atom is -0.384 e. The van der Waals surface area contributed by atoms with Crippen LogP contribution >= 0.6 is 0 Å². The van der Waals surface area contributed by atoms with Gasteiger partial charge in [-0.1, -0.05) is 12.2 Å². The number of amides is 1. The highest BCUT2D eigenvalue weighted by molar-refractivity contribution is 5.93. The Balaban J connectivity index is 1.97. The molecule has 0 spiro atoms. The molecule has 114 valence electrons. The number of hydrogen-bond donors (Lipinski definition) is 2. The molecule has 0 bridgehead atoms. The second-order valence-electron chi connectivity index (χ2n) is 5.01. The zero-order valence-electron chi connectivity index (χ0n) is 11.2. The molecule has 0 radical (unpaired) electrons. The summed E-state index contributed by atoms with van der Waals surface area (Å²) in [5.41, 5.74) is -2.12. The maximum Gasteiger partial charge on any atom is 0.433 e. The molecule has 1 heterocycles. The monoisotopic (exact) mass is 300 g/mol. The van der Waals surface area contributed by atoms with E-state index in [0.717, 1.165) is 31.2 Å². The third-order valence-electron chi connectivity index (χ3n) is 3.28. The van der Waals surface area contributed by atoms with Crippen molar-refractivity contribution < 1.29 is 23.1 Å². The predicted octanol–water partition coefficient (Wildman–Crippen LogP) is 2.30. The lowest BCUT2D eigenvalue weighted by molar-refractivity contribution is -0.141. The predicted molar refractivity (Wildman–Crippen MR) is 69.5 cm³/mol. The lowest BCUT2D eigenvalue weighted by Crippen LogP contribution is -2.42. The van der Waals surface area contributed by atoms with Crippen LogP contribution in [0.5, 0.6) is 0 Å². The number of hydrogen-bond acceptors (Lipinski definition) is 3. The van der Waals surface area contributed by atoms with Crippen molar-refractivity contribution in [2.24, 2.45) is 0 Å². The number of carbonyl (C=O) groups excluding carboxylic acids is 1. The third-order valence-corrected chi connectivity index (χ3v) is 3.28. The second-order valence-corrected chi connectivity index (χ2v) is 5.01. The van der Waals surface area contributed by atoms with Crippen LogP contribution in [-0.2, 0) is 6.18 Å². The largest absolute Gasteiger partial charge is 0.433 e. The first-order valence-corrected chi connectivity index (χ1v) is 6.52. The van der Waals surface area contributed by atoms with Crippen molar-refractivity contribution in [2.75, 3.05) is 6.54 Å². The van der Waals surface area contributed by atoms with Crippen LogP contribution in [0.1, 0.15) is 35.3 Å². The third kappa shape index (κ3) is 4.04. The van der Waals surface area contributed by atoms with Crippen LogP contribution in [0, 0.1) is 0 Å². The van der Waals surface area contributed by atoms with Crippen LogP contribution in [0.3, 0.4) is 0 Å². The molecule has 4 nitrogen and oxygen atoms in total. The summed E-state index contributed by atoms with van der Waals surface area (Å²) < 4.78 is 37.1. The number of pyridine rings is 1. The lowest BCUT2D eigenvalue weighted by atomic mass is 9.91. The Labute approximate surface area is 119 Å². The Morgan fingerprint density at radius 1 is 1.43 bits per heavy atom. The van der Waals surface area contributed by atoms with E-state index in [1.54, 1.807) is 6.08 Å². The molecule has 0 fully saturated rings. The highest BCUT2D eigenvalue weighted by Gasteiger charge is 2.32. The van der Waals surface area contributed by atoms with Crippen molar-refractivity contribution in [2.45, 2.75) is 31.0 Å². The summed E-state index contributed by atoms with van der Waals surface area (Å²) in [7, 11) is 0. The standard InChI is InChI=1S/C14H15F3N2O2/c15-14(16,17)11-5-4-10(8-18-11)12(20)19-9-13(21)6-2-1-3-7-13/h2,4-6,8,21H,1,3,7,9H2,(H,19,20). The van der Waals surface area contributed by atoms with Crippen LogP contribution in [0.25, 0.3) is 0 Å². The van der Waals surface area contributed by atoms with E-state index in [9.17, 15) is 23.1 Å². The maximum absolute atomic E-state index is 12.4. The van der Waals surface area contributed by atoms with E-state index in [4.69, 9.17) is 0 Å². The molecule has 1 aliphatic carbocycles. The highest BCUT2D eigenvalue weighted by Crippen LogP contribution is 2.27. The van der Waals surface area contributed by atoms with Gasteiger partial charge in [0.2, 0.25) is 0 Å². The van der Waals surface area contributed by atoms with Crippen molar-refractivity contribution in [1.29, 1.82) is 0 Å². The fraction of sp³-hybridized carbons (Fsp3) is 0.429. The number of nitrogens with one attached hydrogen (secondary N) is 1. The number of aliphatic hydroxyl groups is 1. The van der Waals surface area contributed by atoms with Crippen LogP contribution in [0.2, 0.25) is 0 Å². The van der Waals surface area contributed by atoms with E-state index < -0.39 is 23.4 Å². The number of allylic oxidation sites excluding steroid dienone is 1. The SMILES string of the molecule is O=C(NCC1(O)C=CCCC1)c1ccc(C(F)(F)F)nc1.